The quantitative estimate of drug-likeness (QED) is 0.620. The van der Waals surface area contributed by atoms with Crippen molar-refractivity contribution in [3.8, 4) is 5.75 Å². The average molecular weight is 505 g/mol. The molecule has 4 nitrogen and oxygen atoms in total. The van der Waals surface area contributed by atoms with Crippen LogP contribution >= 0.6 is 11.6 Å². The van der Waals surface area contributed by atoms with Gasteiger partial charge >= 0.3 is 129 Å². The van der Waals surface area contributed by atoms with Crippen LogP contribution in [0.25, 0.3) is 0 Å². The van der Waals surface area contributed by atoms with Gasteiger partial charge in [0.05, 0.1) is 0 Å². The molecule has 1 N–H and O–H groups in total. The first-order valence-corrected chi connectivity index (χ1v) is 10.3. The zero-order valence-electron chi connectivity index (χ0n) is 12.6. The summed E-state index contributed by atoms with van der Waals surface area (Å²) in [6, 6.07) is 5.77. The molecule has 6 heteroatoms. The number of rotatable bonds is 5. The summed E-state index contributed by atoms with van der Waals surface area (Å²) in [6.07, 6.45) is 0. The molecule has 1 aliphatic rings. The van der Waals surface area contributed by atoms with Gasteiger partial charge in [-0.3, -0.25) is 0 Å². The Labute approximate surface area is 147 Å². The Bertz CT molecular complexity index is 471. The van der Waals surface area contributed by atoms with Gasteiger partial charge in [0, 0.05) is 0 Å². The van der Waals surface area contributed by atoms with Crippen molar-refractivity contribution >= 4 is 43.1 Å². The summed E-state index contributed by atoms with van der Waals surface area (Å²) in [5, 5.41) is 10.4. The fourth-order valence-electron chi connectivity index (χ4n) is 2.24. The summed E-state index contributed by atoms with van der Waals surface area (Å²) in [4.78, 5) is 4.83. The van der Waals surface area contributed by atoms with Gasteiger partial charge in [-0.2, -0.15) is 0 Å². The molecular formula is C15H22ClN2O2Pb. The number of anilines is 1. The first kappa shape index (κ1) is 17.3. The first-order valence-electron chi connectivity index (χ1n) is 7.16. The zero-order chi connectivity index (χ0) is 15.5. The summed E-state index contributed by atoms with van der Waals surface area (Å²) in [5.41, 5.74) is 0.227. The van der Waals surface area contributed by atoms with Crippen LogP contribution in [0.15, 0.2) is 18.2 Å². The molecule has 0 atom stereocenters. The topological polar surface area (TPSA) is 35.9 Å². The van der Waals surface area contributed by atoms with Gasteiger partial charge in [-0.25, -0.2) is 0 Å². The minimum atomic E-state index is -0.842. The van der Waals surface area contributed by atoms with E-state index in [1.54, 1.807) is 13.8 Å². The standard InChI is InChI=1S/C15H22ClN2O2.Pb/c1-15(2,19)11-20-12-4-5-14(13(16)10-12)18-8-6-17(3)7-9-18;/h4-5,10,19H,3,6-9,11H2,1-2H3;. The van der Waals surface area contributed by atoms with Crippen LogP contribution in [-0.2, 0) is 0 Å². The van der Waals surface area contributed by atoms with Crippen molar-refractivity contribution in [2.75, 3.05) is 41.8 Å². The number of halogens is 1. The van der Waals surface area contributed by atoms with Crippen molar-refractivity contribution in [1.29, 1.82) is 0 Å². The van der Waals surface area contributed by atoms with E-state index in [2.05, 4.69) is 9.80 Å². The Hall–Kier alpha value is -0.0479. The van der Waals surface area contributed by atoms with Gasteiger partial charge in [0.25, 0.3) is 0 Å². The van der Waals surface area contributed by atoms with Gasteiger partial charge < -0.3 is 5.11 Å². The van der Waals surface area contributed by atoms with Crippen molar-refractivity contribution in [2.24, 2.45) is 0 Å². The van der Waals surface area contributed by atoms with Crippen LogP contribution in [0.5, 0.6) is 5.75 Å². The molecule has 0 spiro atoms. The van der Waals surface area contributed by atoms with Gasteiger partial charge in [-0.15, -0.1) is 0 Å². The van der Waals surface area contributed by atoms with Crippen LogP contribution in [0.2, 0.25) is 5.02 Å². The van der Waals surface area contributed by atoms with E-state index >= 15 is 0 Å². The van der Waals surface area contributed by atoms with Crippen molar-refractivity contribution in [1.82, 2.24) is 4.90 Å². The summed E-state index contributed by atoms with van der Waals surface area (Å²) in [5.74, 6) is 0.698. The third-order valence-electron chi connectivity index (χ3n) is 3.45. The van der Waals surface area contributed by atoms with E-state index < -0.39 is 5.60 Å². The molecule has 115 valence electrons. The van der Waals surface area contributed by atoms with Crippen molar-refractivity contribution in [3.63, 3.8) is 0 Å². The number of nitrogens with zero attached hydrogens (tertiary/aromatic N) is 2. The first-order chi connectivity index (χ1) is 9.89. The SMILES string of the molecule is CC(C)(O)COc1ccc(N2CCN([CH2][Pb])CC2)c(Cl)c1. The molecule has 0 aliphatic carbocycles. The minimum absolute atomic E-state index is 0.252. The molecular weight excluding hydrogens is 483 g/mol. The molecule has 0 unspecified atom stereocenters. The zero-order valence-corrected chi connectivity index (χ0v) is 17.2. The molecule has 1 fully saturated rings. The number of hydrogen-bond acceptors (Lipinski definition) is 4. The van der Waals surface area contributed by atoms with Crippen LogP contribution in [0.4, 0.5) is 5.69 Å². The molecule has 0 amide bonds. The molecule has 1 saturated heterocycles. The van der Waals surface area contributed by atoms with E-state index in [4.69, 9.17) is 16.3 Å². The second-order valence-corrected chi connectivity index (χ2v) is 7.61. The molecule has 0 aromatic heterocycles. The van der Waals surface area contributed by atoms with Crippen LogP contribution in [-0.4, -0.2) is 78.3 Å². The molecule has 1 aromatic rings. The molecule has 21 heavy (non-hydrogen) atoms. The molecule has 2 rings (SSSR count). The van der Waals surface area contributed by atoms with E-state index in [9.17, 15) is 5.11 Å². The monoisotopic (exact) mass is 505 g/mol. The van der Waals surface area contributed by atoms with Crippen LogP contribution < -0.4 is 9.64 Å². The third kappa shape index (κ3) is 5.26. The molecule has 1 heterocycles. The Kier molecular flexibility index (Phi) is 6.17. The van der Waals surface area contributed by atoms with Gasteiger partial charge in [0.1, 0.15) is 0 Å². The molecule has 0 bridgehead atoms. The number of hydrogen-bond donors (Lipinski definition) is 1. The van der Waals surface area contributed by atoms with Crippen LogP contribution in [0.1, 0.15) is 13.8 Å². The molecule has 3 radical (unpaired) electrons. The predicted octanol–water partition coefficient (Wildman–Crippen LogP) is 1.74. The van der Waals surface area contributed by atoms with Gasteiger partial charge in [-0.05, 0) is 13.8 Å². The van der Waals surface area contributed by atoms with Crippen molar-refractivity contribution in [2.45, 2.75) is 19.4 Å². The van der Waals surface area contributed by atoms with Crippen molar-refractivity contribution < 1.29 is 9.84 Å². The van der Waals surface area contributed by atoms with Crippen LogP contribution in [0.3, 0.4) is 0 Å². The average Bonchev–Trinajstić information content (AvgIpc) is 2.45. The number of piperazine rings is 1. The van der Waals surface area contributed by atoms with E-state index in [1.807, 2.05) is 18.2 Å². The Morgan fingerprint density at radius 1 is 1.29 bits per heavy atom. The van der Waals surface area contributed by atoms with Gasteiger partial charge in [-0.1, -0.05) is 0 Å². The number of benzene rings is 1. The summed E-state index contributed by atoms with van der Waals surface area (Å²) in [7, 11) is 0. The van der Waals surface area contributed by atoms with Crippen LogP contribution in [0, 0.1) is 0 Å². The van der Waals surface area contributed by atoms with Gasteiger partial charge in [0.2, 0.25) is 0 Å². The van der Waals surface area contributed by atoms with E-state index in [0.29, 0.717) is 10.8 Å². The second-order valence-electron chi connectivity index (χ2n) is 5.98. The number of ether oxygens (including phenoxy) is 1. The van der Waals surface area contributed by atoms with Gasteiger partial charge in [0.15, 0.2) is 0 Å². The maximum atomic E-state index is 9.69. The fraction of sp³-hybridized carbons (Fsp3) is 0.600. The molecule has 0 saturated carbocycles. The fourth-order valence-corrected chi connectivity index (χ4v) is 3.76. The summed E-state index contributed by atoms with van der Waals surface area (Å²) >= 11 is 7.62. The maximum absolute atomic E-state index is 9.69. The molecule has 1 aromatic carbocycles. The Morgan fingerprint density at radius 3 is 2.48 bits per heavy atom. The van der Waals surface area contributed by atoms with E-state index in [0.717, 1.165) is 31.9 Å². The number of aliphatic hydroxyl groups is 1. The Balaban J connectivity index is 1.99. The summed E-state index contributed by atoms with van der Waals surface area (Å²) in [6.45, 7) is 7.95. The Morgan fingerprint density at radius 2 is 1.95 bits per heavy atom. The van der Waals surface area contributed by atoms with E-state index in [-0.39, 0.29) is 6.61 Å². The third-order valence-corrected chi connectivity index (χ3v) is 5.49. The predicted molar refractivity (Wildman–Crippen MR) is 87.7 cm³/mol. The normalized spacial score (nSPS) is 17.1. The molecule has 1 aliphatic heterocycles. The van der Waals surface area contributed by atoms with E-state index in [1.165, 1.54) is 29.9 Å². The second kappa shape index (κ2) is 7.48. The summed E-state index contributed by atoms with van der Waals surface area (Å²) < 4.78 is 6.81. The van der Waals surface area contributed by atoms with Crippen molar-refractivity contribution in [3.05, 3.63) is 23.2 Å².